The zero-order valence-corrected chi connectivity index (χ0v) is 11.5. The van der Waals surface area contributed by atoms with Crippen molar-refractivity contribution in [2.45, 2.75) is 18.4 Å². The van der Waals surface area contributed by atoms with Gasteiger partial charge in [-0.25, -0.2) is 4.39 Å². The van der Waals surface area contributed by atoms with Crippen molar-refractivity contribution in [3.8, 4) is 11.4 Å². The summed E-state index contributed by atoms with van der Waals surface area (Å²) in [5.74, 6) is 1.08. The molecule has 1 aromatic carbocycles. The Morgan fingerprint density at radius 3 is 2.95 bits per heavy atom. The molecule has 1 unspecified atom stereocenters. The molecule has 0 radical (unpaired) electrons. The van der Waals surface area contributed by atoms with E-state index in [9.17, 15) is 4.39 Å². The van der Waals surface area contributed by atoms with E-state index in [0.717, 1.165) is 32.7 Å². The molecule has 2 aliphatic heterocycles. The van der Waals surface area contributed by atoms with E-state index in [0.29, 0.717) is 23.3 Å². The number of benzene rings is 1. The lowest BCUT2D eigenvalue weighted by atomic mass is 9.97. The highest BCUT2D eigenvalue weighted by Gasteiger charge is 2.37. The molecule has 2 aliphatic rings. The van der Waals surface area contributed by atoms with Gasteiger partial charge in [-0.1, -0.05) is 17.3 Å². The highest BCUT2D eigenvalue weighted by Crippen LogP contribution is 2.31. The molecule has 110 valence electrons. The fourth-order valence-electron chi connectivity index (χ4n) is 2.92. The predicted molar refractivity (Wildman–Crippen MR) is 73.2 cm³/mol. The first kappa shape index (κ1) is 12.9. The fraction of sp³-hybridized carbons (Fsp3) is 0.467. The molecule has 4 rings (SSSR count). The lowest BCUT2D eigenvalue weighted by Crippen LogP contribution is -2.51. The van der Waals surface area contributed by atoms with Crippen LogP contribution in [0.15, 0.2) is 28.8 Å². The largest absolute Gasteiger partial charge is 0.380 e. The molecule has 2 fully saturated rings. The van der Waals surface area contributed by atoms with Gasteiger partial charge >= 0.3 is 0 Å². The van der Waals surface area contributed by atoms with Gasteiger partial charge in [0.25, 0.3) is 0 Å². The van der Waals surface area contributed by atoms with Gasteiger partial charge in [-0.3, -0.25) is 4.90 Å². The topological polar surface area (TPSA) is 51.4 Å². The molecule has 1 aromatic heterocycles. The van der Waals surface area contributed by atoms with Crippen LogP contribution in [-0.2, 0) is 4.74 Å². The van der Waals surface area contributed by atoms with Gasteiger partial charge in [-0.15, -0.1) is 0 Å². The third kappa shape index (κ3) is 2.45. The van der Waals surface area contributed by atoms with Crippen molar-refractivity contribution in [2.75, 3.05) is 26.3 Å². The van der Waals surface area contributed by atoms with Crippen LogP contribution >= 0.6 is 0 Å². The van der Waals surface area contributed by atoms with E-state index in [1.807, 2.05) is 0 Å². The van der Waals surface area contributed by atoms with Crippen molar-refractivity contribution >= 4 is 0 Å². The molecule has 1 atom stereocenters. The Labute approximate surface area is 121 Å². The van der Waals surface area contributed by atoms with Gasteiger partial charge in [0, 0.05) is 31.3 Å². The normalized spacial score (nSPS) is 23.4. The number of rotatable bonds is 3. The molecule has 0 bridgehead atoms. The second-order valence-electron chi connectivity index (χ2n) is 5.63. The molecule has 2 saturated heterocycles. The fourth-order valence-corrected chi connectivity index (χ4v) is 2.92. The molecule has 0 aliphatic carbocycles. The summed E-state index contributed by atoms with van der Waals surface area (Å²) in [6.07, 6.45) is 1.10. The summed E-state index contributed by atoms with van der Waals surface area (Å²) >= 11 is 0. The van der Waals surface area contributed by atoms with E-state index in [-0.39, 0.29) is 11.7 Å². The highest BCUT2D eigenvalue weighted by atomic mass is 19.1. The summed E-state index contributed by atoms with van der Waals surface area (Å²) in [6.45, 7) is 3.54. The number of hydrogen-bond donors (Lipinski definition) is 0. The van der Waals surface area contributed by atoms with Crippen molar-refractivity contribution < 1.29 is 13.7 Å². The summed E-state index contributed by atoms with van der Waals surface area (Å²) in [4.78, 5) is 6.79. The minimum atomic E-state index is -0.296. The van der Waals surface area contributed by atoms with Crippen molar-refractivity contribution in [1.29, 1.82) is 0 Å². The van der Waals surface area contributed by atoms with Crippen LogP contribution in [0, 0.1) is 5.82 Å². The number of halogens is 1. The first-order valence-corrected chi connectivity index (χ1v) is 7.21. The Bertz CT molecular complexity index is 633. The third-order valence-electron chi connectivity index (χ3n) is 4.21. The van der Waals surface area contributed by atoms with E-state index in [1.165, 1.54) is 12.1 Å². The van der Waals surface area contributed by atoms with E-state index < -0.39 is 0 Å². The maximum absolute atomic E-state index is 13.2. The van der Waals surface area contributed by atoms with Gasteiger partial charge in [-0.2, -0.15) is 4.98 Å². The summed E-state index contributed by atoms with van der Waals surface area (Å²) in [5.41, 5.74) is 0.644. The van der Waals surface area contributed by atoms with E-state index in [4.69, 9.17) is 9.26 Å². The molecule has 0 saturated carbocycles. The average Bonchev–Trinajstić information content (AvgIpc) is 3.08. The second-order valence-corrected chi connectivity index (χ2v) is 5.63. The van der Waals surface area contributed by atoms with Gasteiger partial charge in [0.1, 0.15) is 5.82 Å². The van der Waals surface area contributed by atoms with E-state index in [1.54, 1.807) is 12.1 Å². The van der Waals surface area contributed by atoms with E-state index >= 15 is 0 Å². The lowest BCUT2D eigenvalue weighted by Gasteiger charge is -2.40. The van der Waals surface area contributed by atoms with Crippen LogP contribution < -0.4 is 0 Å². The maximum atomic E-state index is 13.2. The van der Waals surface area contributed by atoms with Crippen LogP contribution in [0.25, 0.3) is 11.4 Å². The third-order valence-corrected chi connectivity index (χ3v) is 4.21. The minimum Gasteiger partial charge on any atom is -0.380 e. The smallest absolute Gasteiger partial charge is 0.232 e. The van der Waals surface area contributed by atoms with Crippen molar-refractivity contribution in [2.24, 2.45) is 0 Å². The standard InChI is InChI=1S/C15H16FN3O2/c16-12-3-1-2-10(6-12)14-17-15(21-18-14)11-7-19(8-11)13-4-5-20-9-13/h1-3,6,11,13H,4-5,7-9H2. The summed E-state index contributed by atoms with van der Waals surface area (Å²) < 4.78 is 23.9. The molecule has 5 nitrogen and oxygen atoms in total. The Balaban J connectivity index is 1.44. The van der Waals surface area contributed by atoms with Crippen LogP contribution in [0.4, 0.5) is 4.39 Å². The monoisotopic (exact) mass is 289 g/mol. The van der Waals surface area contributed by atoms with Crippen LogP contribution in [0.5, 0.6) is 0 Å². The molecule has 6 heteroatoms. The van der Waals surface area contributed by atoms with Crippen LogP contribution in [0.1, 0.15) is 18.2 Å². The number of likely N-dealkylation sites (tertiary alicyclic amines) is 1. The number of nitrogens with zero attached hydrogens (tertiary/aromatic N) is 3. The molecule has 0 N–H and O–H groups in total. The van der Waals surface area contributed by atoms with Crippen LogP contribution in [-0.4, -0.2) is 47.4 Å². The quantitative estimate of drug-likeness (QED) is 0.865. The Morgan fingerprint density at radius 2 is 2.19 bits per heavy atom. The lowest BCUT2D eigenvalue weighted by molar-refractivity contribution is 0.0651. The summed E-state index contributed by atoms with van der Waals surface area (Å²) in [7, 11) is 0. The first-order valence-electron chi connectivity index (χ1n) is 7.21. The maximum Gasteiger partial charge on any atom is 0.232 e. The van der Waals surface area contributed by atoms with Crippen molar-refractivity contribution in [3.63, 3.8) is 0 Å². The molecular formula is C15H16FN3O2. The molecule has 21 heavy (non-hydrogen) atoms. The first-order chi connectivity index (χ1) is 10.3. The minimum absolute atomic E-state index is 0.278. The summed E-state index contributed by atoms with van der Waals surface area (Å²) in [6, 6.07) is 6.77. The highest BCUT2D eigenvalue weighted by molar-refractivity contribution is 5.53. The summed E-state index contributed by atoms with van der Waals surface area (Å²) in [5, 5.41) is 3.96. The Kier molecular flexibility index (Phi) is 3.20. The molecule has 0 amide bonds. The van der Waals surface area contributed by atoms with Crippen LogP contribution in [0.2, 0.25) is 0 Å². The van der Waals surface area contributed by atoms with Gasteiger partial charge in [-0.05, 0) is 18.6 Å². The zero-order chi connectivity index (χ0) is 14.2. The van der Waals surface area contributed by atoms with Crippen LogP contribution in [0.3, 0.4) is 0 Å². The second kappa shape index (κ2) is 5.20. The van der Waals surface area contributed by atoms with Gasteiger partial charge in [0.2, 0.25) is 11.7 Å². The van der Waals surface area contributed by atoms with E-state index in [2.05, 4.69) is 15.0 Å². The SMILES string of the molecule is Fc1cccc(-c2noc(C3CN(C4CCOC4)C3)n2)c1. The molecule has 2 aromatic rings. The predicted octanol–water partition coefficient (Wildman–Crippen LogP) is 2.06. The molecular weight excluding hydrogens is 273 g/mol. The molecule has 0 spiro atoms. The van der Waals surface area contributed by atoms with Gasteiger partial charge in [0.15, 0.2) is 0 Å². The van der Waals surface area contributed by atoms with Gasteiger partial charge < -0.3 is 9.26 Å². The van der Waals surface area contributed by atoms with Crippen molar-refractivity contribution in [1.82, 2.24) is 15.0 Å². The number of hydrogen-bond acceptors (Lipinski definition) is 5. The Hall–Kier alpha value is -1.79. The van der Waals surface area contributed by atoms with Gasteiger partial charge in [0.05, 0.1) is 12.5 Å². The Morgan fingerprint density at radius 1 is 1.29 bits per heavy atom. The van der Waals surface area contributed by atoms with Crippen molar-refractivity contribution in [3.05, 3.63) is 36.0 Å². The average molecular weight is 289 g/mol. The number of aromatic nitrogens is 2. The number of ether oxygens (including phenoxy) is 1. The zero-order valence-electron chi connectivity index (χ0n) is 11.5. The molecule has 3 heterocycles.